The number of hydrogen-bond acceptors (Lipinski definition) is 4. The second-order valence-corrected chi connectivity index (χ2v) is 5.50. The Labute approximate surface area is 115 Å². The van der Waals surface area contributed by atoms with Gasteiger partial charge in [0.1, 0.15) is 0 Å². The van der Waals surface area contributed by atoms with E-state index in [1.165, 1.54) is 18.4 Å². The quantitative estimate of drug-likeness (QED) is 0.814. The molecular formula is C15H25N3O. The first-order valence-electron chi connectivity index (χ1n) is 7.27. The molecule has 2 N–H and O–H groups in total. The van der Waals surface area contributed by atoms with E-state index in [0.717, 1.165) is 32.6 Å². The van der Waals surface area contributed by atoms with Crippen LogP contribution in [0.4, 0.5) is 0 Å². The van der Waals surface area contributed by atoms with E-state index < -0.39 is 0 Å². The number of nitrogens with zero attached hydrogens (tertiary/aromatic N) is 2. The molecule has 1 atom stereocenters. The zero-order chi connectivity index (χ0) is 13.5. The third-order valence-corrected chi connectivity index (χ3v) is 3.74. The van der Waals surface area contributed by atoms with Crippen molar-refractivity contribution in [2.45, 2.75) is 44.9 Å². The monoisotopic (exact) mass is 263 g/mol. The van der Waals surface area contributed by atoms with Crippen molar-refractivity contribution in [3.8, 4) is 0 Å². The molecule has 1 saturated heterocycles. The molecule has 2 heterocycles. The second-order valence-electron chi connectivity index (χ2n) is 5.50. The average Bonchev–Trinajstić information content (AvgIpc) is 2.42. The van der Waals surface area contributed by atoms with Gasteiger partial charge < -0.3 is 10.4 Å². The molecule has 1 aromatic heterocycles. The first-order valence-corrected chi connectivity index (χ1v) is 7.27. The fourth-order valence-electron chi connectivity index (χ4n) is 2.54. The van der Waals surface area contributed by atoms with Crippen molar-refractivity contribution < 1.29 is 5.11 Å². The van der Waals surface area contributed by atoms with E-state index in [9.17, 15) is 5.11 Å². The van der Waals surface area contributed by atoms with Gasteiger partial charge in [-0.2, -0.15) is 0 Å². The molecule has 1 aromatic rings. The van der Waals surface area contributed by atoms with Crippen LogP contribution in [-0.4, -0.2) is 46.8 Å². The van der Waals surface area contributed by atoms with E-state index in [-0.39, 0.29) is 6.10 Å². The lowest BCUT2D eigenvalue weighted by atomic mass is 10.0. The van der Waals surface area contributed by atoms with Crippen LogP contribution in [0.2, 0.25) is 0 Å². The van der Waals surface area contributed by atoms with E-state index in [0.29, 0.717) is 6.04 Å². The third-order valence-electron chi connectivity index (χ3n) is 3.74. The van der Waals surface area contributed by atoms with Crippen molar-refractivity contribution in [3.63, 3.8) is 0 Å². The first kappa shape index (κ1) is 14.4. The number of hydrogen-bond donors (Lipinski definition) is 2. The van der Waals surface area contributed by atoms with Crippen molar-refractivity contribution in [1.82, 2.24) is 15.2 Å². The summed E-state index contributed by atoms with van der Waals surface area (Å²) in [5.74, 6) is 0. The van der Waals surface area contributed by atoms with Gasteiger partial charge in [0, 0.05) is 25.0 Å². The van der Waals surface area contributed by atoms with Crippen LogP contribution in [0.5, 0.6) is 0 Å². The van der Waals surface area contributed by atoms with Crippen molar-refractivity contribution in [2.24, 2.45) is 0 Å². The van der Waals surface area contributed by atoms with E-state index in [2.05, 4.69) is 27.3 Å². The van der Waals surface area contributed by atoms with E-state index in [1.54, 1.807) is 0 Å². The fraction of sp³-hybridized carbons (Fsp3) is 0.667. The normalized spacial score (nSPS) is 19.5. The molecule has 1 unspecified atom stereocenters. The number of aliphatic hydroxyl groups excluding tert-OH is 1. The number of rotatable bonds is 6. The molecule has 4 heteroatoms. The summed E-state index contributed by atoms with van der Waals surface area (Å²) < 4.78 is 0. The van der Waals surface area contributed by atoms with Gasteiger partial charge in [-0.1, -0.05) is 0 Å². The van der Waals surface area contributed by atoms with Gasteiger partial charge in [-0.25, -0.2) is 0 Å². The average molecular weight is 263 g/mol. The Hall–Kier alpha value is -0.970. The van der Waals surface area contributed by atoms with Crippen LogP contribution in [-0.2, 0) is 6.54 Å². The zero-order valence-corrected chi connectivity index (χ0v) is 11.8. The van der Waals surface area contributed by atoms with Gasteiger partial charge in [-0.15, -0.1) is 0 Å². The number of piperidine rings is 1. The maximum absolute atomic E-state index is 9.23. The highest BCUT2D eigenvalue weighted by atomic mass is 16.3. The van der Waals surface area contributed by atoms with Gasteiger partial charge in [0.15, 0.2) is 0 Å². The highest BCUT2D eigenvalue weighted by Crippen LogP contribution is 2.13. The predicted octanol–water partition coefficient (Wildman–Crippen LogP) is 1.41. The van der Waals surface area contributed by atoms with Gasteiger partial charge >= 0.3 is 0 Å². The number of aromatic nitrogens is 1. The molecule has 2 rings (SSSR count). The largest absolute Gasteiger partial charge is 0.393 e. The number of likely N-dealkylation sites (tertiary alicyclic amines) is 1. The Kier molecular flexibility index (Phi) is 5.76. The molecule has 0 aliphatic carbocycles. The Morgan fingerprint density at radius 1 is 1.37 bits per heavy atom. The summed E-state index contributed by atoms with van der Waals surface area (Å²) in [4.78, 5) is 6.55. The van der Waals surface area contributed by atoms with Gasteiger partial charge in [0.05, 0.1) is 6.10 Å². The van der Waals surface area contributed by atoms with Crippen molar-refractivity contribution in [2.75, 3.05) is 19.6 Å². The van der Waals surface area contributed by atoms with E-state index >= 15 is 0 Å². The van der Waals surface area contributed by atoms with Crippen LogP contribution in [0, 0.1) is 0 Å². The topological polar surface area (TPSA) is 48.4 Å². The standard InChI is InChI=1S/C15H25N3O/c1-13(19)2-9-17-15-5-10-18(11-6-15)12-14-3-7-16-8-4-14/h3-4,7-8,13,15,17,19H,2,5-6,9-12H2,1H3. The summed E-state index contributed by atoms with van der Waals surface area (Å²) in [7, 11) is 0. The van der Waals surface area contributed by atoms with Gasteiger partial charge in [0.2, 0.25) is 0 Å². The Bertz CT molecular complexity index is 348. The van der Waals surface area contributed by atoms with Gasteiger partial charge in [0.25, 0.3) is 0 Å². The Morgan fingerprint density at radius 3 is 2.68 bits per heavy atom. The van der Waals surface area contributed by atoms with Crippen LogP contribution in [0.1, 0.15) is 31.7 Å². The summed E-state index contributed by atoms with van der Waals surface area (Å²) in [5, 5.41) is 12.8. The minimum absolute atomic E-state index is 0.195. The third kappa shape index (κ3) is 5.27. The van der Waals surface area contributed by atoms with E-state index in [1.807, 2.05) is 19.3 Å². The number of nitrogens with one attached hydrogen (secondary N) is 1. The molecule has 19 heavy (non-hydrogen) atoms. The lowest BCUT2D eigenvalue weighted by molar-refractivity contribution is 0.169. The van der Waals surface area contributed by atoms with Crippen LogP contribution in [0.15, 0.2) is 24.5 Å². The lowest BCUT2D eigenvalue weighted by Crippen LogP contribution is -2.42. The Balaban J connectivity index is 1.65. The second kappa shape index (κ2) is 7.58. The molecule has 0 amide bonds. The molecule has 0 radical (unpaired) electrons. The molecule has 0 bridgehead atoms. The molecule has 0 aromatic carbocycles. The maximum Gasteiger partial charge on any atom is 0.0524 e. The number of pyridine rings is 1. The summed E-state index contributed by atoms with van der Waals surface area (Å²) in [6.07, 6.45) is 6.77. The summed E-state index contributed by atoms with van der Waals surface area (Å²) in [6, 6.07) is 4.80. The van der Waals surface area contributed by atoms with Gasteiger partial charge in [-0.3, -0.25) is 9.88 Å². The number of aliphatic hydroxyl groups is 1. The SMILES string of the molecule is CC(O)CCNC1CCN(Cc2ccncc2)CC1. The smallest absolute Gasteiger partial charge is 0.0524 e. The first-order chi connectivity index (χ1) is 9.24. The van der Waals surface area contributed by atoms with Crippen LogP contribution in [0.3, 0.4) is 0 Å². The highest BCUT2D eigenvalue weighted by Gasteiger charge is 2.18. The lowest BCUT2D eigenvalue weighted by Gasteiger charge is -2.32. The van der Waals surface area contributed by atoms with Crippen LogP contribution in [0.25, 0.3) is 0 Å². The molecule has 1 aliphatic heterocycles. The zero-order valence-electron chi connectivity index (χ0n) is 11.8. The van der Waals surface area contributed by atoms with Gasteiger partial charge in [-0.05, 0) is 63.5 Å². The predicted molar refractivity (Wildman–Crippen MR) is 76.8 cm³/mol. The van der Waals surface area contributed by atoms with Crippen molar-refractivity contribution in [3.05, 3.63) is 30.1 Å². The molecule has 4 nitrogen and oxygen atoms in total. The molecule has 106 valence electrons. The van der Waals surface area contributed by atoms with Crippen LogP contribution < -0.4 is 5.32 Å². The van der Waals surface area contributed by atoms with E-state index in [4.69, 9.17) is 0 Å². The molecule has 1 aliphatic rings. The summed E-state index contributed by atoms with van der Waals surface area (Å²) in [5.41, 5.74) is 1.34. The fourth-order valence-corrected chi connectivity index (χ4v) is 2.54. The Morgan fingerprint density at radius 2 is 2.05 bits per heavy atom. The van der Waals surface area contributed by atoms with Crippen molar-refractivity contribution >= 4 is 0 Å². The van der Waals surface area contributed by atoms with Crippen LogP contribution >= 0.6 is 0 Å². The summed E-state index contributed by atoms with van der Waals surface area (Å²) >= 11 is 0. The maximum atomic E-state index is 9.23. The minimum atomic E-state index is -0.195. The molecular weight excluding hydrogens is 238 g/mol. The summed E-state index contributed by atoms with van der Waals surface area (Å²) in [6.45, 7) is 6.10. The van der Waals surface area contributed by atoms with Crippen molar-refractivity contribution in [1.29, 1.82) is 0 Å². The molecule has 0 spiro atoms. The highest BCUT2D eigenvalue weighted by molar-refractivity contribution is 5.09. The minimum Gasteiger partial charge on any atom is -0.393 e. The molecule has 0 saturated carbocycles. The molecule has 1 fully saturated rings.